The van der Waals surface area contributed by atoms with Crippen molar-refractivity contribution in [1.29, 1.82) is 0 Å². The minimum absolute atomic E-state index is 0.630. The van der Waals surface area contributed by atoms with E-state index >= 15 is 0 Å². The maximum Gasteiger partial charge on any atom is 0.157 e. The predicted octanol–water partition coefficient (Wildman–Crippen LogP) is 2.26. The Labute approximate surface area is 84.6 Å². The van der Waals surface area contributed by atoms with Gasteiger partial charge in [-0.25, -0.2) is 0 Å². The van der Waals surface area contributed by atoms with Gasteiger partial charge >= 0.3 is 0 Å². The topological polar surface area (TPSA) is 24.4 Å². The van der Waals surface area contributed by atoms with E-state index in [0.29, 0.717) is 11.3 Å². The summed E-state index contributed by atoms with van der Waals surface area (Å²) in [6.07, 6.45) is 4.23. The summed E-state index contributed by atoms with van der Waals surface area (Å²) in [5.41, 5.74) is 0. The van der Waals surface area contributed by atoms with Gasteiger partial charge in [0.1, 0.15) is 0 Å². The minimum atomic E-state index is 0.630. The average Bonchev–Trinajstić information content (AvgIpc) is 2.31. The second-order valence-electron chi connectivity index (χ2n) is 4.20. The van der Waals surface area contributed by atoms with Crippen LogP contribution < -0.4 is 5.32 Å². The molecule has 1 heterocycles. The SMILES string of the molecule is CC1CN=C(NC(C)C2CCC2)S1. The molecule has 0 radical (unpaired) electrons. The second-order valence-corrected chi connectivity index (χ2v) is 5.63. The molecule has 0 amide bonds. The number of amidine groups is 1. The van der Waals surface area contributed by atoms with E-state index in [0.717, 1.165) is 12.5 Å². The van der Waals surface area contributed by atoms with Crippen LogP contribution in [0.3, 0.4) is 0 Å². The lowest BCUT2D eigenvalue weighted by Crippen LogP contribution is -2.39. The summed E-state index contributed by atoms with van der Waals surface area (Å²) in [7, 11) is 0. The average molecular weight is 198 g/mol. The molecule has 1 aliphatic carbocycles. The summed E-state index contributed by atoms with van der Waals surface area (Å²) in [5, 5.41) is 5.37. The summed E-state index contributed by atoms with van der Waals surface area (Å²) in [5.74, 6) is 0.902. The van der Waals surface area contributed by atoms with Crippen LogP contribution in [0.25, 0.3) is 0 Å². The molecular weight excluding hydrogens is 180 g/mol. The molecule has 1 N–H and O–H groups in total. The van der Waals surface area contributed by atoms with Crippen LogP contribution in [0.4, 0.5) is 0 Å². The summed E-state index contributed by atoms with van der Waals surface area (Å²) in [4.78, 5) is 4.47. The van der Waals surface area contributed by atoms with Gasteiger partial charge in [-0.3, -0.25) is 4.99 Å². The predicted molar refractivity (Wildman–Crippen MR) is 59.3 cm³/mol. The number of hydrogen-bond acceptors (Lipinski definition) is 3. The lowest BCUT2D eigenvalue weighted by molar-refractivity contribution is 0.259. The standard InChI is InChI=1S/C10H18N2S/c1-7-6-11-10(13-7)12-8(2)9-4-3-5-9/h7-9H,3-6H2,1-2H3,(H,11,12). The van der Waals surface area contributed by atoms with Gasteiger partial charge in [0.05, 0.1) is 6.54 Å². The van der Waals surface area contributed by atoms with Crippen molar-refractivity contribution in [1.82, 2.24) is 5.32 Å². The molecule has 2 atom stereocenters. The first-order chi connectivity index (χ1) is 6.25. The lowest BCUT2D eigenvalue weighted by Gasteiger charge is -2.32. The molecule has 0 bridgehead atoms. The van der Waals surface area contributed by atoms with E-state index in [1.165, 1.54) is 24.4 Å². The molecule has 0 aromatic heterocycles. The minimum Gasteiger partial charge on any atom is -0.362 e. The van der Waals surface area contributed by atoms with Gasteiger partial charge in [0.2, 0.25) is 0 Å². The second kappa shape index (κ2) is 3.91. The van der Waals surface area contributed by atoms with Crippen LogP contribution in [0, 0.1) is 5.92 Å². The van der Waals surface area contributed by atoms with Crippen LogP contribution in [-0.4, -0.2) is 23.0 Å². The maximum atomic E-state index is 4.47. The van der Waals surface area contributed by atoms with Crippen molar-refractivity contribution in [2.45, 2.75) is 44.4 Å². The molecule has 74 valence electrons. The Balaban J connectivity index is 1.77. The third kappa shape index (κ3) is 2.19. The highest BCUT2D eigenvalue weighted by molar-refractivity contribution is 8.14. The number of aliphatic imine (C=N–C) groups is 1. The van der Waals surface area contributed by atoms with Crippen LogP contribution in [0.15, 0.2) is 4.99 Å². The summed E-state index contributed by atoms with van der Waals surface area (Å²) >= 11 is 1.88. The van der Waals surface area contributed by atoms with Crippen molar-refractivity contribution in [3.8, 4) is 0 Å². The molecule has 2 unspecified atom stereocenters. The van der Waals surface area contributed by atoms with E-state index in [2.05, 4.69) is 24.2 Å². The van der Waals surface area contributed by atoms with Crippen LogP contribution >= 0.6 is 11.8 Å². The zero-order valence-electron chi connectivity index (χ0n) is 8.42. The number of thioether (sulfide) groups is 1. The summed E-state index contributed by atoms with van der Waals surface area (Å²) in [6.45, 7) is 5.51. The van der Waals surface area contributed by atoms with E-state index in [-0.39, 0.29) is 0 Å². The Morgan fingerprint density at radius 1 is 1.54 bits per heavy atom. The van der Waals surface area contributed by atoms with Gasteiger partial charge in [-0.05, 0) is 25.7 Å². The summed E-state index contributed by atoms with van der Waals surface area (Å²) < 4.78 is 0. The van der Waals surface area contributed by atoms with Crippen molar-refractivity contribution < 1.29 is 0 Å². The van der Waals surface area contributed by atoms with E-state index in [9.17, 15) is 0 Å². The zero-order valence-corrected chi connectivity index (χ0v) is 9.23. The highest BCUT2D eigenvalue weighted by Gasteiger charge is 2.25. The third-order valence-electron chi connectivity index (χ3n) is 3.01. The molecule has 1 aliphatic heterocycles. The molecule has 0 saturated heterocycles. The molecule has 2 aliphatic rings. The van der Waals surface area contributed by atoms with Gasteiger partial charge in [-0.15, -0.1) is 0 Å². The molecule has 3 heteroatoms. The lowest BCUT2D eigenvalue weighted by atomic mass is 9.80. The van der Waals surface area contributed by atoms with Gasteiger partial charge in [0, 0.05) is 11.3 Å². The molecule has 0 aromatic carbocycles. The fourth-order valence-corrected chi connectivity index (χ4v) is 2.74. The molecule has 13 heavy (non-hydrogen) atoms. The van der Waals surface area contributed by atoms with Gasteiger partial charge in [0.25, 0.3) is 0 Å². The van der Waals surface area contributed by atoms with Crippen LogP contribution in [-0.2, 0) is 0 Å². The third-order valence-corrected chi connectivity index (χ3v) is 4.03. The summed E-state index contributed by atoms with van der Waals surface area (Å²) in [6, 6.07) is 0.630. The molecule has 1 fully saturated rings. The molecule has 2 rings (SSSR count). The van der Waals surface area contributed by atoms with E-state index < -0.39 is 0 Å². The molecule has 2 nitrogen and oxygen atoms in total. The molecule has 0 aromatic rings. The molecule has 1 saturated carbocycles. The normalized spacial score (nSPS) is 30.9. The Hall–Kier alpha value is -0.180. The first-order valence-corrected chi connectivity index (χ1v) is 6.11. The van der Waals surface area contributed by atoms with Gasteiger partial charge in [0.15, 0.2) is 5.17 Å². The van der Waals surface area contributed by atoms with Crippen molar-refractivity contribution in [3.05, 3.63) is 0 Å². The van der Waals surface area contributed by atoms with Crippen LogP contribution in [0.1, 0.15) is 33.1 Å². The molecule has 0 spiro atoms. The Kier molecular flexibility index (Phi) is 2.82. The number of hydrogen-bond donors (Lipinski definition) is 1. The van der Waals surface area contributed by atoms with Crippen LogP contribution in [0.2, 0.25) is 0 Å². The quantitative estimate of drug-likeness (QED) is 0.736. The number of nitrogens with one attached hydrogen (secondary N) is 1. The van der Waals surface area contributed by atoms with Crippen molar-refractivity contribution in [2.24, 2.45) is 10.9 Å². The number of rotatable bonds is 2. The zero-order chi connectivity index (χ0) is 9.26. The van der Waals surface area contributed by atoms with Crippen LogP contribution in [0.5, 0.6) is 0 Å². The van der Waals surface area contributed by atoms with E-state index in [1.807, 2.05) is 11.8 Å². The van der Waals surface area contributed by atoms with Gasteiger partial charge in [-0.2, -0.15) is 0 Å². The van der Waals surface area contributed by atoms with Crippen molar-refractivity contribution in [3.63, 3.8) is 0 Å². The fraction of sp³-hybridized carbons (Fsp3) is 0.900. The molecular formula is C10H18N2S. The fourth-order valence-electron chi connectivity index (χ4n) is 1.81. The maximum absolute atomic E-state index is 4.47. The largest absolute Gasteiger partial charge is 0.362 e. The Morgan fingerprint density at radius 3 is 2.77 bits per heavy atom. The highest BCUT2D eigenvalue weighted by atomic mass is 32.2. The monoisotopic (exact) mass is 198 g/mol. The van der Waals surface area contributed by atoms with E-state index in [4.69, 9.17) is 0 Å². The first kappa shape index (κ1) is 9.38. The first-order valence-electron chi connectivity index (χ1n) is 5.23. The number of nitrogens with zero attached hydrogens (tertiary/aromatic N) is 1. The van der Waals surface area contributed by atoms with Gasteiger partial charge < -0.3 is 5.32 Å². The highest BCUT2D eigenvalue weighted by Crippen LogP contribution is 2.30. The Morgan fingerprint density at radius 2 is 2.31 bits per heavy atom. The van der Waals surface area contributed by atoms with Gasteiger partial charge in [-0.1, -0.05) is 25.1 Å². The van der Waals surface area contributed by atoms with Crippen molar-refractivity contribution >= 4 is 16.9 Å². The van der Waals surface area contributed by atoms with E-state index in [1.54, 1.807) is 0 Å². The van der Waals surface area contributed by atoms with Crippen molar-refractivity contribution in [2.75, 3.05) is 6.54 Å². The Bertz CT molecular complexity index is 211. The smallest absolute Gasteiger partial charge is 0.157 e.